The Morgan fingerprint density at radius 2 is 0.909 bits per heavy atom. The van der Waals surface area contributed by atoms with E-state index < -0.39 is 7.14 Å². The van der Waals surface area contributed by atoms with Crippen molar-refractivity contribution in [1.29, 1.82) is 0 Å². The zero-order chi connectivity index (χ0) is 16.7. The summed E-state index contributed by atoms with van der Waals surface area (Å²) in [6.45, 7) is 8.48. The molecule has 0 saturated carbocycles. The molecule has 0 aromatic heterocycles. The fourth-order valence-electron chi connectivity index (χ4n) is 2.99. The first-order valence-corrected chi connectivity index (χ1v) is 12.7. The first kappa shape index (κ1) is 22.2. The van der Waals surface area contributed by atoms with Gasteiger partial charge >= 0.3 is 0 Å². The van der Waals surface area contributed by atoms with Crippen LogP contribution in [0.25, 0.3) is 0 Å². The van der Waals surface area contributed by atoms with Crippen LogP contribution in [0.15, 0.2) is 0 Å². The van der Waals surface area contributed by atoms with E-state index in [1.54, 1.807) is 0 Å². The Bertz CT molecular complexity index is 267. The minimum absolute atomic E-state index is 0.883. The van der Waals surface area contributed by atoms with Gasteiger partial charge in [0.05, 0.1) is 7.14 Å². The van der Waals surface area contributed by atoms with Crippen LogP contribution in [0.2, 0.25) is 0 Å². The van der Waals surface area contributed by atoms with Crippen molar-refractivity contribution in [3.63, 3.8) is 0 Å². The predicted molar refractivity (Wildman–Crippen MR) is 104 cm³/mol. The van der Waals surface area contributed by atoms with E-state index in [4.69, 9.17) is 0 Å². The van der Waals surface area contributed by atoms with E-state index in [2.05, 4.69) is 13.8 Å². The Morgan fingerprint density at radius 3 is 1.23 bits per heavy atom. The highest BCUT2D eigenvalue weighted by atomic mass is 31.2. The van der Waals surface area contributed by atoms with Crippen LogP contribution in [0.5, 0.6) is 0 Å². The number of rotatable bonds is 16. The molecule has 0 bridgehead atoms. The van der Waals surface area contributed by atoms with Gasteiger partial charge in [0.2, 0.25) is 0 Å². The highest BCUT2D eigenvalue weighted by molar-refractivity contribution is 7.62. The Labute approximate surface area is 141 Å². The molecule has 2 heteroatoms. The van der Waals surface area contributed by atoms with Crippen molar-refractivity contribution in [3.8, 4) is 0 Å². The lowest BCUT2D eigenvalue weighted by atomic mass is 10.0. The second kappa shape index (κ2) is 14.8. The smallest absolute Gasteiger partial charge is 0.0819 e. The maximum atomic E-state index is 11.6. The number of hydrogen-bond donors (Lipinski definition) is 0. The molecule has 0 fully saturated rings. The minimum atomic E-state index is -1.76. The predicted octanol–water partition coefficient (Wildman–Crippen LogP) is 7.73. The quantitative estimate of drug-likeness (QED) is 0.209. The molecule has 0 rings (SSSR count). The van der Waals surface area contributed by atoms with Crippen molar-refractivity contribution >= 4 is 7.14 Å². The van der Waals surface area contributed by atoms with Crippen molar-refractivity contribution < 1.29 is 4.57 Å². The molecule has 134 valence electrons. The topological polar surface area (TPSA) is 17.1 Å². The van der Waals surface area contributed by atoms with E-state index in [0.29, 0.717) is 0 Å². The van der Waals surface area contributed by atoms with Crippen LogP contribution in [0.3, 0.4) is 0 Å². The second-order valence-electron chi connectivity index (χ2n) is 8.08. The van der Waals surface area contributed by atoms with Gasteiger partial charge in [0.1, 0.15) is 0 Å². The summed E-state index contributed by atoms with van der Waals surface area (Å²) >= 11 is 0. The van der Waals surface area contributed by atoms with Crippen LogP contribution in [-0.2, 0) is 4.57 Å². The van der Waals surface area contributed by atoms with Gasteiger partial charge in [-0.05, 0) is 25.7 Å². The Balaban J connectivity index is 3.04. The molecule has 0 unspecified atom stereocenters. The molecule has 0 aliphatic rings. The van der Waals surface area contributed by atoms with E-state index in [9.17, 15) is 4.57 Å². The van der Waals surface area contributed by atoms with Gasteiger partial charge < -0.3 is 4.57 Å². The molecule has 0 aliphatic heterocycles. The normalized spacial score (nSPS) is 12.2. The standard InChI is InChI=1S/C20H43OP/c1-20(2)18-16-14-12-10-8-6-5-7-9-11-13-15-17-19-22(3,4)21/h20H,5-19H2,1-4H3. The van der Waals surface area contributed by atoms with Crippen LogP contribution in [0.4, 0.5) is 0 Å². The van der Waals surface area contributed by atoms with Gasteiger partial charge in [0.15, 0.2) is 0 Å². The van der Waals surface area contributed by atoms with Gasteiger partial charge in [0, 0.05) is 6.16 Å². The van der Waals surface area contributed by atoms with E-state index in [0.717, 1.165) is 12.1 Å². The van der Waals surface area contributed by atoms with Crippen molar-refractivity contribution in [2.75, 3.05) is 19.5 Å². The molecule has 22 heavy (non-hydrogen) atoms. The van der Waals surface area contributed by atoms with E-state index in [1.165, 1.54) is 89.9 Å². The zero-order valence-corrected chi connectivity index (χ0v) is 16.9. The summed E-state index contributed by atoms with van der Waals surface area (Å²) in [5.74, 6) is 0.883. The molecule has 0 amide bonds. The maximum absolute atomic E-state index is 11.6. The average Bonchev–Trinajstić information content (AvgIpc) is 2.41. The molecular weight excluding hydrogens is 287 g/mol. The molecule has 0 atom stereocenters. The van der Waals surface area contributed by atoms with E-state index in [-0.39, 0.29) is 0 Å². The lowest BCUT2D eigenvalue weighted by Gasteiger charge is -2.06. The van der Waals surface area contributed by atoms with Gasteiger partial charge in [-0.25, -0.2) is 0 Å². The highest BCUT2D eigenvalue weighted by Crippen LogP contribution is 2.36. The van der Waals surface area contributed by atoms with Crippen molar-refractivity contribution in [2.45, 2.75) is 104 Å². The van der Waals surface area contributed by atoms with Gasteiger partial charge in [-0.2, -0.15) is 0 Å². The Kier molecular flexibility index (Phi) is 15.0. The monoisotopic (exact) mass is 330 g/mol. The fourth-order valence-corrected chi connectivity index (χ4v) is 3.97. The Hall–Kier alpha value is 0.230. The maximum Gasteiger partial charge on any atom is 0.0819 e. The summed E-state index contributed by atoms with van der Waals surface area (Å²) < 4.78 is 11.6. The largest absolute Gasteiger partial charge is 0.324 e. The van der Waals surface area contributed by atoms with Crippen molar-refractivity contribution in [2.24, 2.45) is 5.92 Å². The summed E-state index contributed by atoms with van der Waals surface area (Å²) in [6.07, 6.45) is 20.5. The van der Waals surface area contributed by atoms with E-state index in [1.807, 2.05) is 13.3 Å². The molecule has 0 aliphatic carbocycles. The lowest BCUT2D eigenvalue weighted by molar-refractivity contribution is 0.503. The van der Waals surface area contributed by atoms with Crippen LogP contribution in [0.1, 0.15) is 104 Å². The van der Waals surface area contributed by atoms with Gasteiger partial charge in [-0.15, -0.1) is 0 Å². The Morgan fingerprint density at radius 1 is 0.591 bits per heavy atom. The highest BCUT2D eigenvalue weighted by Gasteiger charge is 2.05. The van der Waals surface area contributed by atoms with Crippen LogP contribution < -0.4 is 0 Å². The first-order valence-electron chi connectivity index (χ1n) is 9.96. The van der Waals surface area contributed by atoms with Crippen LogP contribution in [0, 0.1) is 5.92 Å². The summed E-state index contributed by atoms with van der Waals surface area (Å²) in [5, 5.41) is 0. The van der Waals surface area contributed by atoms with Crippen molar-refractivity contribution in [1.82, 2.24) is 0 Å². The number of hydrogen-bond acceptors (Lipinski definition) is 1. The van der Waals surface area contributed by atoms with Crippen molar-refractivity contribution in [3.05, 3.63) is 0 Å². The SMILES string of the molecule is CC(C)CCCCCCCCCCCCCCCP(C)(C)=O. The summed E-state index contributed by atoms with van der Waals surface area (Å²) in [7, 11) is -1.76. The molecule has 0 heterocycles. The third-order valence-corrected chi connectivity index (χ3v) is 5.87. The third kappa shape index (κ3) is 20.2. The molecule has 0 aromatic rings. The molecule has 0 saturated heterocycles. The van der Waals surface area contributed by atoms with Crippen LogP contribution in [-0.4, -0.2) is 19.5 Å². The molecule has 0 N–H and O–H groups in total. The lowest BCUT2D eigenvalue weighted by Crippen LogP contribution is -1.88. The van der Waals surface area contributed by atoms with Gasteiger partial charge in [0.25, 0.3) is 0 Å². The van der Waals surface area contributed by atoms with Crippen LogP contribution >= 0.6 is 7.14 Å². The first-order chi connectivity index (χ1) is 10.4. The molecule has 0 aromatic carbocycles. The summed E-state index contributed by atoms with van der Waals surface area (Å²) in [5.41, 5.74) is 0. The molecular formula is C20H43OP. The third-order valence-electron chi connectivity index (χ3n) is 4.48. The molecule has 0 spiro atoms. The molecule has 0 radical (unpaired) electrons. The summed E-state index contributed by atoms with van der Waals surface area (Å²) in [6, 6.07) is 0. The van der Waals surface area contributed by atoms with Gasteiger partial charge in [-0.3, -0.25) is 0 Å². The molecule has 1 nitrogen and oxygen atoms in total. The second-order valence-corrected chi connectivity index (χ2v) is 11.7. The van der Waals surface area contributed by atoms with Gasteiger partial charge in [-0.1, -0.05) is 97.3 Å². The zero-order valence-electron chi connectivity index (χ0n) is 16.0. The fraction of sp³-hybridized carbons (Fsp3) is 1.00. The minimum Gasteiger partial charge on any atom is -0.324 e. The number of unbranched alkanes of at least 4 members (excludes halogenated alkanes) is 12. The van der Waals surface area contributed by atoms with E-state index >= 15 is 0 Å². The average molecular weight is 331 g/mol. The summed E-state index contributed by atoms with van der Waals surface area (Å²) in [4.78, 5) is 0.